The molecule has 4 rings (SSSR count). The molecule has 0 N–H and O–H groups in total. The molecule has 6 heteroatoms. The molecule has 0 bridgehead atoms. The lowest BCUT2D eigenvalue weighted by Gasteiger charge is -2.26. The van der Waals surface area contributed by atoms with Gasteiger partial charge in [0, 0.05) is 22.4 Å². The number of nitrogens with zero attached hydrogens (tertiary/aromatic N) is 2. The number of hydrogen-bond donors (Lipinski definition) is 0. The molecule has 0 amide bonds. The van der Waals surface area contributed by atoms with Crippen LogP contribution in [0, 0.1) is 5.92 Å². The number of methoxy groups -OCH3 is 1. The maximum Gasteiger partial charge on any atom is 0.305 e. The predicted octanol–water partition coefficient (Wildman–Crippen LogP) is 5.33. The number of carbonyl (C=O) groups excluding carboxylic acids is 1. The van der Waals surface area contributed by atoms with E-state index in [-0.39, 0.29) is 5.97 Å². The van der Waals surface area contributed by atoms with Gasteiger partial charge in [-0.1, -0.05) is 29.8 Å². The highest BCUT2D eigenvalue weighted by Crippen LogP contribution is 2.40. The normalized spacial score (nSPS) is 20.9. The van der Waals surface area contributed by atoms with Crippen molar-refractivity contribution in [3.8, 4) is 0 Å². The molecule has 0 atom stereocenters. The molecule has 1 fully saturated rings. The molecule has 0 saturated heterocycles. The molecule has 4 nitrogen and oxygen atoms in total. The van der Waals surface area contributed by atoms with Gasteiger partial charge in [0.1, 0.15) is 15.8 Å². The van der Waals surface area contributed by atoms with Gasteiger partial charge >= 0.3 is 5.97 Å². The maximum absolute atomic E-state index is 11.4. The summed E-state index contributed by atoms with van der Waals surface area (Å²) in [6, 6.07) is 8.21. The Balaban J connectivity index is 1.58. The Hall–Kier alpha value is -1.72. The second-order valence-corrected chi connectivity index (χ2v) is 8.04. The molecule has 2 heterocycles. The third kappa shape index (κ3) is 3.23. The minimum atomic E-state index is -0.116. The van der Waals surface area contributed by atoms with Gasteiger partial charge in [-0.25, -0.2) is 9.97 Å². The molecule has 1 aromatic carbocycles. The molecule has 0 spiro atoms. The smallest absolute Gasteiger partial charge is 0.305 e. The molecule has 1 aliphatic carbocycles. The van der Waals surface area contributed by atoms with Crippen LogP contribution in [0.4, 0.5) is 0 Å². The zero-order valence-electron chi connectivity index (χ0n) is 14.0. The minimum absolute atomic E-state index is 0.116. The van der Waals surface area contributed by atoms with Crippen LogP contribution in [-0.4, -0.2) is 23.0 Å². The Kier molecular flexibility index (Phi) is 4.61. The van der Waals surface area contributed by atoms with Crippen LogP contribution < -0.4 is 0 Å². The van der Waals surface area contributed by atoms with Crippen LogP contribution in [0.2, 0.25) is 5.15 Å². The van der Waals surface area contributed by atoms with Gasteiger partial charge in [-0.3, -0.25) is 4.79 Å². The summed E-state index contributed by atoms with van der Waals surface area (Å²) in [7, 11) is 1.45. The van der Waals surface area contributed by atoms with Crippen molar-refractivity contribution >= 4 is 49.2 Å². The first-order valence-corrected chi connectivity index (χ1v) is 9.76. The fraction of sp³-hybridized carbons (Fsp3) is 0.421. The van der Waals surface area contributed by atoms with Gasteiger partial charge in [-0.05, 0) is 37.7 Å². The number of halogens is 1. The molecule has 1 saturated carbocycles. The first kappa shape index (κ1) is 16.7. The number of esters is 1. The Morgan fingerprint density at radius 1 is 1.24 bits per heavy atom. The van der Waals surface area contributed by atoms with Gasteiger partial charge in [0.2, 0.25) is 0 Å². The monoisotopic (exact) mass is 374 g/mol. The molecule has 0 unspecified atom stereocenters. The summed E-state index contributed by atoms with van der Waals surface area (Å²) in [4.78, 5) is 21.9. The quantitative estimate of drug-likeness (QED) is 0.459. The minimum Gasteiger partial charge on any atom is -0.469 e. The van der Waals surface area contributed by atoms with Crippen molar-refractivity contribution in [3.63, 3.8) is 0 Å². The summed E-state index contributed by atoms with van der Waals surface area (Å²) in [5.74, 6) is 1.46. The molecule has 130 valence electrons. The second-order valence-electron chi connectivity index (χ2n) is 6.65. The summed E-state index contributed by atoms with van der Waals surface area (Å²) < 4.78 is 5.97. The van der Waals surface area contributed by atoms with Crippen LogP contribution in [-0.2, 0) is 9.53 Å². The lowest BCUT2D eigenvalue weighted by Crippen LogP contribution is -2.18. The van der Waals surface area contributed by atoms with E-state index < -0.39 is 0 Å². The van der Waals surface area contributed by atoms with E-state index in [4.69, 9.17) is 21.3 Å². The van der Waals surface area contributed by atoms with E-state index in [2.05, 4.69) is 17.1 Å². The van der Waals surface area contributed by atoms with Crippen molar-refractivity contribution in [2.75, 3.05) is 7.11 Å². The van der Waals surface area contributed by atoms with E-state index in [1.165, 1.54) is 11.8 Å². The summed E-state index contributed by atoms with van der Waals surface area (Å²) >= 11 is 8.18. The summed E-state index contributed by atoms with van der Waals surface area (Å²) in [5, 5.41) is 2.64. The first-order valence-electron chi connectivity index (χ1n) is 8.57. The Morgan fingerprint density at radius 3 is 2.76 bits per heavy atom. The third-order valence-corrected chi connectivity index (χ3v) is 6.45. The SMILES string of the molecule is COC(=O)CC1CCC(c2nc(Cl)c3c(n2)sc2ccccc23)CC1. The van der Waals surface area contributed by atoms with Crippen LogP contribution >= 0.6 is 22.9 Å². The summed E-state index contributed by atoms with van der Waals surface area (Å²) in [6.45, 7) is 0. The molecular weight excluding hydrogens is 356 g/mol. The standard InChI is InChI=1S/C19H19ClN2O2S/c1-24-15(23)10-11-6-8-12(9-7-11)18-21-17(20)16-13-4-2-3-5-14(13)25-19(16)22-18/h2-5,11-12H,6-10H2,1H3. The van der Waals surface area contributed by atoms with Gasteiger partial charge in [-0.15, -0.1) is 11.3 Å². The number of aromatic nitrogens is 2. The zero-order valence-corrected chi connectivity index (χ0v) is 15.6. The zero-order chi connectivity index (χ0) is 17.4. The molecule has 1 aliphatic rings. The van der Waals surface area contributed by atoms with Crippen LogP contribution in [0.1, 0.15) is 43.8 Å². The van der Waals surface area contributed by atoms with E-state index >= 15 is 0 Å². The van der Waals surface area contributed by atoms with E-state index in [0.717, 1.165) is 47.1 Å². The predicted molar refractivity (Wildman–Crippen MR) is 101 cm³/mol. The van der Waals surface area contributed by atoms with Crippen molar-refractivity contribution in [1.82, 2.24) is 9.97 Å². The topological polar surface area (TPSA) is 52.1 Å². The van der Waals surface area contributed by atoms with E-state index in [0.29, 0.717) is 23.4 Å². The molecular formula is C19H19ClN2O2S. The van der Waals surface area contributed by atoms with E-state index in [1.54, 1.807) is 11.3 Å². The Morgan fingerprint density at radius 2 is 2.00 bits per heavy atom. The number of benzene rings is 1. The molecule has 25 heavy (non-hydrogen) atoms. The Labute approximate surface area is 155 Å². The number of ether oxygens (including phenoxy) is 1. The van der Waals surface area contributed by atoms with Gasteiger partial charge < -0.3 is 4.74 Å². The van der Waals surface area contributed by atoms with Crippen molar-refractivity contribution in [2.45, 2.75) is 38.0 Å². The van der Waals surface area contributed by atoms with E-state index in [1.807, 2.05) is 12.1 Å². The summed E-state index contributed by atoms with van der Waals surface area (Å²) in [5.41, 5.74) is 0. The second kappa shape index (κ2) is 6.89. The maximum atomic E-state index is 11.4. The number of thiophene rings is 1. The highest BCUT2D eigenvalue weighted by Gasteiger charge is 2.27. The molecule has 2 aromatic heterocycles. The molecule has 0 radical (unpaired) electrons. The first-order chi connectivity index (χ1) is 12.2. The van der Waals surface area contributed by atoms with Crippen LogP contribution in [0.15, 0.2) is 24.3 Å². The summed E-state index contributed by atoms with van der Waals surface area (Å²) in [6.07, 6.45) is 4.51. The average molecular weight is 375 g/mol. The lowest BCUT2D eigenvalue weighted by atomic mass is 9.80. The van der Waals surface area contributed by atoms with Crippen molar-refractivity contribution in [2.24, 2.45) is 5.92 Å². The van der Waals surface area contributed by atoms with Crippen LogP contribution in [0.3, 0.4) is 0 Å². The van der Waals surface area contributed by atoms with Gasteiger partial charge in [0.05, 0.1) is 12.5 Å². The van der Waals surface area contributed by atoms with Gasteiger partial charge in [0.25, 0.3) is 0 Å². The lowest BCUT2D eigenvalue weighted by molar-refractivity contribution is -0.142. The fourth-order valence-corrected chi connectivity index (χ4v) is 5.14. The van der Waals surface area contributed by atoms with Crippen LogP contribution in [0.5, 0.6) is 0 Å². The van der Waals surface area contributed by atoms with Gasteiger partial charge in [-0.2, -0.15) is 0 Å². The fourth-order valence-electron chi connectivity index (χ4n) is 3.72. The number of hydrogen-bond acceptors (Lipinski definition) is 5. The third-order valence-electron chi connectivity index (χ3n) is 5.11. The number of carbonyl (C=O) groups is 1. The molecule has 3 aromatic rings. The largest absolute Gasteiger partial charge is 0.469 e. The number of rotatable bonds is 3. The highest BCUT2D eigenvalue weighted by atomic mass is 35.5. The highest BCUT2D eigenvalue weighted by molar-refractivity contribution is 7.25. The van der Waals surface area contributed by atoms with Crippen LogP contribution in [0.25, 0.3) is 20.3 Å². The Bertz CT molecular complexity index is 932. The van der Waals surface area contributed by atoms with Crippen molar-refractivity contribution < 1.29 is 9.53 Å². The molecule has 0 aliphatic heterocycles. The van der Waals surface area contributed by atoms with Crippen molar-refractivity contribution in [1.29, 1.82) is 0 Å². The average Bonchev–Trinajstić information content (AvgIpc) is 3.01. The van der Waals surface area contributed by atoms with Gasteiger partial charge in [0.15, 0.2) is 0 Å². The van der Waals surface area contributed by atoms with E-state index in [9.17, 15) is 4.79 Å². The number of fused-ring (bicyclic) bond motifs is 3. The van der Waals surface area contributed by atoms with Crippen molar-refractivity contribution in [3.05, 3.63) is 35.2 Å².